The molecule has 124 valence electrons. The van der Waals surface area contributed by atoms with Crippen molar-refractivity contribution < 1.29 is 4.79 Å². The summed E-state index contributed by atoms with van der Waals surface area (Å²) in [5.41, 5.74) is 1.83. The van der Waals surface area contributed by atoms with Gasteiger partial charge in [-0.05, 0) is 42.5 Å². The molecule has 1 amide bonds. The molecule has 2 aromatic heterocycles. The number of hydrogen-bond acceptors (Lipinski definition) is 4. The number of aryl methyl sites for hydroxylation is 2. The van der Waals surface area contributed by atoms with E-state index >= 15 is 0 Å². The molecule has 0 aliphatic rings. The first-order valence-corrected chi connectivity index (χ1v) is 8.77. The lowest BCUT2D eigenvalue weighted by Crippen LogP contribution is -2.29. The number of hydrogen-bond donors (Lipinski definition) is 1. The molecule has 3 rings (SSSR count). The maximum Gasteiger partial charge on any atom is 0.261 e. The van der Waals surface area contributed by atoms with Gasteiger partial charge in [0.05, 0.1) is 17.2 Å². The molecule has 6 heteroatoms. The summed E-state index contributed by atoms with van der Waals surface area (Å²) in [6.07, 6.45) is 2.61. The molecule has 0 bridgehead atoms. The summed E-state index contributed by atoms with van der Waals surface area (Å²) >= 11 is 1.71. The first kappa shape index (κ1) is 16.4. The van der Waals surface area contributed by atoms with E-state index in [2.05, 4.69) is 28.7 Å². The highest BCUT2D eigenvalue weighted by Gasteiger charge is 2.07. The molecule has 5 nitrogen and oxygen atoms in total. The average molecular weight is 341 g/mol. The monoisotopic (exact) mass is 341 g/mol. The third-order valence-corrected chi connectivity index (χ3v) is 5.04. The predicted molar refractivity (Wildman–Crippen MR) is 96.4 cm³/mol. The molecular weight excluding hydrogens is 322 g/mol. The van der Waals surface area contributed by atoms with Crippen LogP contribution in [0.4, 0.5) is 0 Å². The van der Waals surface area contributed by atoms with Crippen LogP contribution in [0.5, 0.6) is 0 Å². The number of carbonyl (C=O) groups is 1. The highest BCUT2D eigenvalue weighted by molar-refractivity contribution is 7.10. The summed E-state index contributed by atoms with van der Waals surface area (Å²) in [5.74, 6) is -0.0516. The van der Waals surface area contributed by atoms with Crippen molar-refractivity contribution in [2.45, 2.75) is 26.3 Å². The van der Waals surface area contributed by atoms with Crippen LogP contribution in [0.1, 0.15) is 16.9 Å². The van der Waals surface area contributed by atoms with E-state index in [0.29, 0.717) is 24.0 Å². The van der Waals surface area contributed by atoms with Gasteiger partial charge in [0.15, 0.2) is 0 Å². The SMILES string of the molecule is Cc1ccsc1CCNC(=O)CCn1cnc2ccccc2c1=O. The number of thiophene rings is 1. The number of para-hydroxylation sites is 1. The highest BCUT2D eigenvalue weighted by atomic mass is 32.1. The lowest BCUT2D eigenvalue weighted by Gasteiger charge is -2.07. The zero-order chi connectivity index (χ0) is 16.9. The van der Waals surface area contributed by atoms with Crippen LogP contribution in [0, 0.1) is 6.92 Å². The normalized spacial score (nSPS) is 10.9. The number of carbonyl (C=O) groups excluding carboxylic acids is 1. The number of amides is 1. The van der Waals surface area contributed by atoms with E-state index in [0.717, 1.165) is 6.42 Å². The predicted octanol–water partition coefficient (Wildman–Crippen LogP) is 2.52. The van der Waals surface area contributed by atoms with E-state index in [4.69, 9.17) is 0 Å². The van der Waals surface area contributed by atoms with Crippen LogP contribution in [0.15, 0.2) is 46.8 Å². The third-order valence-electron chi connectivity index (χ3n) is 3.95. The first-order chi connectivity index (χ1) is 11.6. The summed E-state index contributed by atoms with van der Waals surface area (Å²) in [4.78, 5) is 29.9. The molecule has 3 aromatic rings. The Kier molecular flexibility index (Phi) is 5.05. The minimum absolute atomic E-state index is 0.0516. The fourth-order valence-electron chi connectivity index (χ4n) is 2.55. The van der Waals surface area contributed by atoms with E-state index in [1.807, 2.05) is 12.1 Å². The van der Waals surface area contributed by atoms with Crippen LogP contribution in [0.25, 0.3) is 10.9 Å². The Balaban J connectivity index is 1.54. The van der Waals surface area contributed by atoms with Gasteiger partial charge < -0.3 is 5.32 Å². The van der Waals surface area contributed by atoms with Gasteiger partial charge in [-0.2, -0.15) is 0 Å². The fraction of sp³-hybridized carbons (Fsp3) is 0.278. The molecule has 0 aliphatic heterocycles. The second-order valence-corrected chi connectivity index (χ2v) is 6.64. The molecular formula is C18H19N3O2S. The lowest BCUT2D eigenvalue weighted by atomic mass is 10.2. The average Bonchev–Trinajstić information content (AvgIpc) is 3.00. The number of nitrogens with zero attached hydrogens (tertiary/aromatic N) is 2. The van der Waals surface area contributed by atoms with Crippen LogP contribution < -0.4 is 10.9 Å². The largest absolute Gasteiger partial charge is 0.356 e. The standard InChI is InChI=1S/C18H19N3O2S/c1-13-8-11-24-16(13)6-9-19-17(22)7-10-21-12-20-15-5-3-2-4-14(15)18(21)23/h2-5,8,11-12H,6-7,9-10H2,1H3,(H,19,22). The van der Waals surface area contributed by atoms with Crippen molar-refractivity contribution in [3.05, 3.63) is 62.8 Å². The molecule has 0 saturated carbocycles. The minimum atomic E-state index is -0.109. The Morgan fingerprint density at radius 2 is 2.12 bits per heavy atom. The number of fused-ring (bicyclic) bond motifs is 1. The smallest absolute Gasteiger partial charge is 0.261 e. The van der Waals surface area contributed by atoms with Crippen molar-refractivity contribution in [3.8, 4) is 0 Å². The fourth-order valence-corrected chi connectivity index (χ4v) is 3.46. The molecule has 24 heavy (non-hydrogen) atoms. The summed E-state index contributed by atoms with van der Waals surface area (Å²) in [6, 6.07) is 9.31. The molecule has 0 saturated heterocycles. The van der Waals surface area contributed by atoms with E-state index in [1.54, 1.807) is 23.5 Å². The summed E-state index contributed by atoms with van der Waals surface area (Å²) in [5, 5.41) is 5.55. The molecule has 0 atom stereocenters. The van der Waals surface area contributed by atoms with Crippen LogP contribution >= 0.6 is 11.3 Å². The summed E-state index contributed by atoms with van der Waals surface area (Å²) in [7, 11) is 0. The van der Waals surface area contributed by atoms with Gasteiger partial charge in [0.25, 0.3) is 5.56 Å². The summed E-state index contributed by atoms with van der Waals surface area (Å²) in [6.45, 7) is 3.03. The Bertz CT molecular complexity index is 914. The van der Waals surface area contributed by atoms with E-state index in [9.17, 15) is 9.59 Å². The lowest BCUT2D eigenvalue weighted by molar-refractivity contribution is -0.121. The van der Waals surface area contributed by atoms with Crippen LogP contribution in [0.3, 0.4) is 0 Å². The van der Waals surface area contributed by atoms with Crippen LogP contribution in [-0.2, 0) is 17.8 Å². The number of rotatable bonds is 6. The molecule has 0 unspecified atom stereocenters. The zero-order valence-corrected chi connectivity index (χ0v) is 14.3. The molecule has 1 N–H and O–H groups in total. The number of benzene rings is 1. The van der Waals surface area contributed by atoms with E-state index in [1.165, 1.54) is 21.3 Å². The van der Waals surface area contributed by atoms with Crippen molar-refractivity contribution in [2.24, 2.45) is 0 Å². The van der Waals surface area contributed by atoms with Crippen molar-refractivity contribution in [1.29, 1.82) is 0 Å². The van der Waals surface area contributed by atoms with Gasteiger partial charge in [-0.25, -0.2) is 4.98 Å². The van der Waals surface area contributed by atoms with Gasteiger partial charge in [0, 0.05) is 24.4 Å². The Morgan fingerprint density at radius 3 is 2.92 bits per heavy atom. The van der Waals surface area contributed by atoms with Gasteiger partial charge in [-0.15, -0.1) is 11.3 Å². The van der Waals surface area contributed by atoms with Crippen molar-refractivity contribution in [2.75, 3.05) is 6.54 Å². The molecule has 0 spiro atoms. The van der Waals surface area contributed by atoms with Gasteiger partial charge in [-0.3, -0.25) is 14.2 Å². The van der Waals surface area contributed by atoms with Crippen molar-refractivity contribution >= 4 is 28.1 Å². The quantitative estimate of drug-likeness (QED) is 0.749. The minimum Gasteiger partial charge on any atom is -0.356 e. The van der Waals surface area contributed by atoms with Gasteiger partial charge >= 0.3 is 0 Å². The Morgan fingerprint density at radius 1 is 1.29 bits per heavy atom. The maximum absolute atomic E-state index is 12.3. The molecule has 0 aliphatic carbocycles. The van der Waals surface area contributed by atoms with Gasteiger partial charge in [0.2, 0.25) is 5.91 Å². The molecule has 1 aromatic carbocycles. The second kappa shape index (κ2) is 7.40. The van der Waals surface area contributed by atoms with Crippen molar-refractivity contribution in [3.63, 3.8) is 0 Å². The second-order valence-electron chi connectivity index (χ2n) is 5.64. The van der Waals surface area contributed by atoms with Gasteiger partial charge in [-0.1, -0.05) is 12.1 Å². The van der Waals surface area contributed by atoms with Crippen LogP contribution in [-0.4, -0.2) is 22.0 Å². The Labute approximate surface area is 144 Å². The van der Waals surface area contributed by atoms with E-state index < -0.39 is 0 Å². The zero-order valence-electron chi connectivity index (χ0n) is 13.5. The van der Waals surface area contributed by atoms with E-state index in [-0.39, 0.29) is 17.9 Å². The maximum atomic E-state index is 12.3. The third kappa shape index (κ3) is 3.71. The number of nitrogens with one attached hydrogen (secondary N) is 1. The Hall–Kier alpha value is -2.47. The molecule has 0 fully saturated rings. The summed E-state index contributed by atoms with van der Waals surface area (Å²) < 4.78 is 1.49. The molecule has 0 radical (unpaired) electrons. The van der Waals surface area contributed by atoms with Crippen molar-refractivity contribution in [1.82, 2.24) is 14.9 Å². The highest BCUT2D eigenvalue weighted by Crippen LogP contribution is 2.15. The molecule has 2 heterocycles. The van der Waals surface area contributed by atoms with Crippen LogP contribution in [0.2, 0.25) is 0 Å². The number of aromatic nitrogens is 2. The van der Waals surface area contributed by atoms with Gasteiger partial charge in [0.1, 0.15) is 0 Å². The topological polar surface area (TPSA) is 64.0 Å². The first-order valence-electron chi connectivity index (χ1n) is 7.89.